The Bertz CT molecular complexity index is 476. The van der Waals surface area contributed by atoms with E-state index in [0.717, 1.165) is 38.2 Å². The van der Waals surface area contributed by atoms with Crippen LogP contribution in [0, 0.1) is 5.92 Å². The van der Waals surface area contributed by atoms with E-state index in [-0.39, 0.29) is 11.6 Å². The third kappa shape index (κ3) is 4.23. The Labute approximate surface area is 122 Å². The van der Waals surface area contributed by atoms with Gasteiger partial charge >= 0.3 is 6.18 Å². The number of anilines is 2. The van der Waals surface area contributed by atoms with Crippen LogP contribution in [0.4, 0.5) is 24.8 Å². The Morgan fingerprint density at radius 1 is 1.33 bits per heavy atom. The first-order valence-corrected chi connectivity index (χ1v) is 7.15. The third-order valence-corrected chi connectivity index (χ3v) is 3.80. The predicted molar refractivity (Wildman–Crippen MR) is 77.5 cm³/mol. The van der Waals surface area contributed by atoms with Crippen molar-refractivity contribution in [3.05, 3.63) is 17.7 Å². The van der Waals surface area contributed by atoms with Crippen molar-refractivity contribution in [3.8, 4) is 0 Å². The van der Waals surface area contributed by atoms with Gasteiger partial charge in [-0.3, -0.25) is 0 Å². The molecule has 0 spiro atoms. The average Bonchev–Trinajstić information content (AvgIpc) is 2.92. The Kier molecular flexibility index (Phi) is 4.92. The first kappa shape index (κ1) is 15.9. The van der Waals surface area contributed by atoms with Crippen LogP contribution in [0.1, 0.15) is 18.9 Å². The molecule has 4 nitrogen and oxygen atoms in total. The van der Waals surface area contributed by atoms with Crippen molar-refractivity contribution in [2.45, 2.75) is 19.5 Å². The lowest BCUT2D eigenvalue weighted by atomic mass is 10.1. The summed E-state index contributed by atoms with van der Waals surface area (Å²) in [6, 6.07) is 2.08. The SMILES string of the molecule is CCN1CCC(CNc2cc(C(F)(F)F)cc(NC)n2)C1. The number of aromatic nitrogens is 1. The van der Waals surface area contributed by atoms with E-state index in [1.807, 2.05) is 0 Å². The molecular formula is C14H21F3N4. The van der Waals surface area contributed by atoms with E-state index in [9.17, 15) is 13.2 Å². The minimum Gasteiger partial charge on any atom is -0.373 e. The van der Waals surface area contributed by atoms with Crippen LogP contribution in [0.25, 0.3) is 0 Å². The average molecular weight is 302 g/mol. The molecule has 2 rings (SSSR count). The zero-order chi connectivity index (χ0) is 15.5. The summed E-state index contributed by atoms with van der Waals surface area (Å²) in [6.07, 6.45) is -3.30. The molecule has 2 N–H and O–H groups in total. The second kappa shape index (κ2) is 6.51. The number of likely N-dealkylation sites (tertiary alicyclic amines) is 1. The largest absolute Gasteiger partial charge is 0.416 e. The number of hydrogen-bond donors (Lipinski definition) is 2. The minimum atomic E-state index is -4.36. The molecule has 0 saturated carbocycles. The minimum absolute atomic E-state index is 0.217. The van der Waals surface area contributed by atoms with Gasteiger partial charge in [0, 0.05) is 20.1 Å². The van der Waals surface area contributed by atoms with Gasteiger partial charge in [-0.25, -0.2) is 4.98 Å². The van der Waals surface area contributed by atoms with E-state index in [1.165, 1.54) is 0 Å². The topological polar surface area (TPSA) is 40.2 Å². The zero-order valence-electron chi connectivity index (χ0n) is 12.3. The van der Waals surface area contributed by atoms with E-state index in [4.69, 9.17) is 0 Å². The van der Waals surface area contributed by atoms with E-state index in [0.29, 0.717) is 12.5 Å². The predicted octanol–water partition coefficient (Wildman–Crippen LogP) is 2.90. The van der Waals surface area contributed by atoms with Gasteiger partial charge in [0.2, 0.25) is 0 Å². The fraction of sp³-hybridized carbons (Fsp3) is 0.643. The van der Waals surface area contributed by atoms with Crippen molar-refractivity contribution in [1.82, 2.24) is 9.88 Å². The molecule has 0 bridgehead atoms. The van der Waals surface area contributed by atoms with Crippen molar-refractivity contribution in [3.63, 3.8) is 0 Å². The van der Waals surface area contributed by atoms with Gasteiger partial charge in [-0.05, 0) is 37.6 Å². The quantitative estimate of drug-likeness (QED) is 0.877. The highest BCUT2D eigenvalue weighted by Gasteiger charge is 2.31. The molecule has 7 heteroatoms. The maximum atomic E-state index is 12.8. The van der Waals surface area contributed by atoms with Crippen LogP contribution in [0.5, 0.6) is 0 Å². The standard InChI is InChI=1S/C14H21F3N4/c1-3-21-5-4-10(9-21)8-19-13-7-11(14(15,16)17)6-12(18-2)20-13/h6-7,10H,3-5,8-9H2,1-2H3,(H2,18,19,20). The number of nitrogens with one attached hydrogen (secondary N) is 2. The number of rotatable bonds is 5. The van der Waals surface area contributed by atoms with Gasteiger partial charge in [-0.1, -0.05) is 6.92 Å². The van der Waals surface area contributed by atoms with Gasteiger partial charge in [0.25, 0.3) is 0 Å². The molecule has 1 saturated heterocycles. The molecule has 1 unspecified atom stereocenters. The fourth-order valence-corrected chi connectivity index (χ4v) is 2.53. The summed E-state index contributed by atoms with van der Waals surface area (Å²) < 4.78 is 38.5. The summed E-state index contributed by atoms with van der Waals surface area (Å²) in [5, 5.41) is 5.71. The third-order valence-electron chi connectivity index (χ3n) is 3.80. The summed E-state index contributed by atoms with van der Waals surface area (Å²) in [4.78, 5) is 6.47. The Hall–Kier alpha value is -1.50. The van der Waals surface area contributed by atoms with Crippen LogP contribution in [-0.4, -0.2) is 43.1 Å². The molecule has 0 aromatic carbocycles. The van der Waals surface area contributed by atoms with Crippen molar-refractivity contribution in [2.75, 3.05) is 43.9 Å². The first-order chi connectivity index (χ1) is 9.92. The maximum Gasteiger partial charge on any atom is 0.416 e. The van der Waals surface area contributed by atoms with Crippen molar-refractivity contribution in [2.24, 2.45) is 5.92 Å². The molecule has 1 aliphatic heterocycles. The van der Waals surface area contributed by atoms with E-state index in [2.05, 4.69) is 27.4 Å². The zero-order valence-corrected chi connectivity index (χ0v) is 12.3. The number of alkyl halides is 3. The lowest BCUT2D eigenvalue weighted by molar-refractivity contribution is -0.137. The Morgan fingerprint density at radius 2 is 2.05 bits per heavy atom. The van der Waals surface area contributed by atoms with E-state index in [1.54, 1.807) is 7.05 Å². The molecule has 118 valence electrons. The molecule has 1 aromatic rings. The summed E-state index contributed by atoms with van der Waals surface area (Å²) in [5.41, 5.74) is -0.689. The molecule has 1 fully saturated rings. The molecular weight excluding hydrogens is 281 g/mol. The molecule has 0 amide bonds. The number of nitrogens with zero attached hydrogens (tertiary/aromatic N) is 2. The molecule has 0 radical (unpaired) electrons. The van der Waals surface area contributed by atoms with Gasteiger partial charge in [0.1, 0.15) is 11.6 Å². The molecule has 21 heavy (non-hydrogen) atoms. The number of halogens is 3. The molecule has 0 aliphatic carbocycles. The Balaban J connectivity index is 2.02. The van der Waals surface area contributed by atoms with Gasteiger partial charge < -0.3 is 15.5 Å². The van der Waals surface area contributed by atoms with Gasteiger partial charge in [0.15, 0.2) is 0 Å². The first-order valence-electron chi connectivity index (χ1n) is 7.15. The second-order valence-corrected chi connectivity index (χ2v) is 5.30. The lowest BCUT2D eigenvalue weighted by Crippen LogP contribution is -2.22. The lowest BCUT2D eigenvalue weighted by Gasteiger charge is -2.16. The summed E-state index contributed by atoms with van der Waals surface area (Å²) in [5.74, 6) is 0.942. The number of pyridine rings is 1. The smallest absolute Gasteiger partial charge is 0.373 e. The number of hydrogen-bond acceptors (Lipinski definition) is 4. The molecule has 1 atom stereocenters. The molecule has 1 aromatic heterocycles. The monoisotopic (exact) mass is 302 g/mol. The van der Waals surface area contributed by atoms with Gasteiger partial charge in [-0.2, -0.15) is 13.2 Å². The Morgan fingerprint density at radius 3 is 2.62 bits per heavy atom. The van der Waals surface area contributed by atoms with Crippen molar-refractivity contribution >= 4 is 11.6 Å². The summed E-state index contributed by atoms with van der Waals surface area (Å²) in [7, 11) is 1.56. The van der Waals surface area contributed by atoms with Crippen LogP contribution in [0.15, 0.2) is 12.1 Å². The van der Waals surface area contributed by atoms with E-state index >= 15 is 0 Å². The van der Waals surface area contributed by atoms with Gasteiger partial charge in [-0.15, -0.1) is 0 Å². The molecule has 1 aliphatic rings. The highest BCUT2D eigenvalue weighted by molar-refractivity contribution is 5.49. The van der Waals surface area contributed by atoms with Crippen LogP contribution in [-0.2, 0) is 6.18 Å². The van der Waals surface area contributed by atoms with Crippen LogP contribution in [0.2, 0.25) is 0 Å². The summed E-state index contributed by atoms with van der Waals surface area (Å²) >= 11 is 0. The van der Waals surface area contributed by atoms with Crippen LogP contribution in [0.3, 0.4) is 0 Å². The second-order valence-electron chi connectivity index (χ2n) is 5.30. The van der Waals surface area contributed by atoms with Crippen molar-refractivity contribution < 1.29 is 13.2 Å². The van der Waals surface area contributed by atoms with Crippen LogP contribution >= 0.6 is 0 Å². The maximum absolute atomic E-state index is 12.8. The molecule has 2 heterocycles. The fourth-order valence-electron chi connectivity index (χ4n) is 2.53. The van der Waals surface area contributed by atoms with Crippen LogP contribution < -0.4 is 10.6 Å². The normalized spacial score (nSPS) is 19.8. The van der Waals surface area contributed by atoms with Crippen molar-refractivity contribution in [1.29, 1.82) is 0 Å². The highest BCUT2D eigenvalue weighted by Crippen LogP contribution is 2.32. The summed E-state index contributed by atoms with van der Waals surface area (Å²) in [6.45, 7) is 5.82. The van der Waals surface area contributed by atoms with E-state index < -0.39 is 11.7 Å². The van der Waals surface area contributed by atoms with Gasteiger partial charge in [0.05, 0.1) is 5.56 Å². The highest BCUT2D eigenvalue weighted by atomic mass is 19.4.